The molecule has 4 aromatic carbocycles. The highest BCUT2D eigenvalue weighted by Crippen LogP contribution is 2.39. The Labute approximate surface area is 591 Å². The molecule has 3 aromatic heterocycles. The van der Waals surface area contributed by atoms with E-state index in [9.17, 15) is 29.4 Å². The van der Waals surface area contributed by atoms with Crippen molar-refractivity contribution in [2.45, 2.75) is 212 Å². The van der Waals surface area contributed by atoms with E-state index in [1.807, 2.05) is 43.3 Å². The maximum atomic E-state index is 14.0. The van der Waals surface area contributed by atoms with Crippen molar-refractivity contribution < 1.29 is 38.9 Å². The van der Waals surface area contributed by atoms with Gasteiger partial charge in [0.1, 0.15) is 47.8 Å². The zero-order valence-corrected chi connectivity index (χ0v) is 59.9. The van der Waals surface area contributed by atoms with Gasteiger partial charge in [0.25, 0.3) is 0 Å². The van der Waals surface area contributed by atoms with Gasteiger partial charge in [-0.1, -0.05) is 124 Å². The van der Waals surface area contributed by atoms with Crippen molar-refractivity contribution in [3.05, 3.63) is 151 Å². The largest absolute Gasteiger partial charge is 0.494 e. The molecule has 2 aliphatic heterocycles. The predicted octanol–water partition coefficient (Wildman–Crippen LogP) is 14.5. The highest BCUT2D eigenvalue weighted by Gasteiger charge is 2.47. The van der Waals surface area contributed by atoms with Crippen LogP contribution in [0.15, 0.2) is 103 Å². The number of hydrogen-bond acceptors (Lipinski definition) is 15. The van der Waals surface area contributed by atoms with E-state index >= 15 is 0 Å². The number of nitrogens with two attached hydrogens (primary N) is 1. The highest BCUT2D eigenvalue weighted by atomic mass is 35.5. The number of unbranched alkanes of at least 4 members (excludes halogenated alkanes) is 7. The monoisotopic (exact) mass is 1390 g/mol. The Morgan fingerprint density at radius 2 is 1.44 bits per heavy atom. The smallest absolute Gasteiger partial charge is 0.240 e. The molecule has 0 bridgehead atoms. The van der Waals surface area contributed by atoms with E-state index in [4.69, 9.17) is 55.0 Å². The number of hydrogen-bond donors (Lipinski definition) is 5. The predicted molar refractivity (Wildman–Crippen MR) is 390 cm³/mol. The van der Waals surface area contributed by atoms with Crippen molar-refractivity contribution in [1.29, 1.82) is 0 Å². The maximum Gasteiger partial charge on any atom is 0.240 e. The minimum Gasteiger partial charge on any atom is -0.494 e. The van der Waals surface area contributed by atoms with Crippen LogP contribution in [0.1, 0.15) is 184 Å². The SMILES string of the molecule is Cc1cc(/C=C2\CN(C(=O)[C@H](N)Cc3ccc(OCCCCCCCCC(=O)CCCC(=O)CCCCCNc4ncnc5c4ncn5[C@@H]4O[C@H](CN(C(C)C)C5CC(CCc6nc7ccc(C(C)(C)C)cc7[nH]6)C5)C(O)[C@@H]4O)cc3)C/C(=C\c3ccc(Cl)c(Cl)c3)C2=O)ccc1Cl. The van der Waals surface area contributed by atoms with E-state index in [1.54, 1.807) is 52.2 Å². The van der Waals surface area contributed by atoms with E-state index in [1.165, 1.54) is 11.9 Å². The fraction of sp³-hybridized carbons (Fsp3) is 0.506. The number of aryl methyl sites for hydroxylation is 2. The van der Waals surface area contributed by atoms with Crippen molar-refractivity contribution in [3.8, 4) is 5.75 Å². The molecule has 3 fully saturated rings. The number of nitrogens with one attached hydrogen (secondary N) is 2. The first-order chi connectivity index (χ1) is 47.0. The number of fused-ring (bicyclic) bond motifs is 2. The maximum absolute atomic E-state index is 14.0. The summed E-state index contributed by atoms with van der Waals surface area (Å²) in [7, 11) is 0. The van der Waals surface area contributed by atoms with Crippen LogP contribution in [0.5, 0.6) is 5.75 Å². The van der Waals surface area contributed by atoms with Gasteiger partial charge in [-0.25, -0.2) is 19.9 Å². The van der Waals surface area contributed by atoms with Crippen molar-refractivity contribution in [1.82, 2.24) is 39.3 Å². The van der Waals surface area contributed by atoms with Crippen LogP contribution < -0.4 is 15.8 Å². The second-order valence-corrected chi connectivity index (χ2v) is 29.7. The number of likely N-dealkylation sites (tertiary alicyclic amines) is 1. The Kier molecular flexibility index (Phi) is 26.0. The van der Waals surface area contributed by atoms with Crippen LogP contribution in [0.3, 0.4) is 0 Å². The number of rotatable bonds is 34. The van der Waals surface area contributed by atoms with Crippen LogP contribution in [0, 0.1) is 12.8 Å². The Morgan fingerprint density at radius 3 is 2.11 bits per heavy atom. The summed E-state index contributed by atoms with van der Waals surface area (Å²) in [6, 6.07) is 24.6. The Hall–Kier alpha value is -6.87. The van der Waals surface area contributed by atoms with Gasteiger partial charge in [0.15, 0.2) is 29.0 Å². The highest BCUT2D eigenvalue weighted by molar-refractivity contribution is 6.42. The lowest BCUT2D eigenvalue weighted by Crippen LogP contribution is -2.52. The number of carbonyl (C=O) groups excluding carboxylic acids is 4. The standard InChI is InChI=1S/C77H97Cl3N10O8/c1-48(2)89(57-38-53(39-57)25-32-68-86-65-31-26-56(77(4,5)6)42-66(65)87-68)45-67-71(94)72(95)76(98-67)90-47-85-69-73(83-46-84-74(69)90)82-33-14-11-13-18-59(92)20-16-19-58(91)17-12-9-7-8-10-15-34-97-60-27-21-50(22-28-60)41-64(81)75(96)88-43-54(36-51-23-29-61(78)49(3)35-51)70(93)55(44-88)37-52-24-30-62(79)63(80)40-52/h21-24,26-31,35-37,40,42,46-48,53,57,64,67,71-72,76,94-95H,7-20,25,32-34,38-39,41,43-45,81H2,1-6H3,(H,86,87)(H,82,83,84)/b54-36+,55-37+/t53?,57?,64-,67-,71?,72+,76-/m1/s1. The van der Waals surface area contributed by atoms with Crippen LogP contribution in [0.2, 0.25) is 15.1 Å². The molecule has 6 N–H and O–H groups in total. The van der Waals surface area contributed by atoms with Gasteiger partial charge >= 0.3 is 0 Å². The minimum atomic E-state index is -1.17. The van der Waals surface area contributed by atoms with Crippen molar-refractivity contribution in [2.75, 3.05) is 38.1 Å². The fourth-order valence-corrected chi connectivity index (χ4v) is 14.0. The van der Waals surface area contributed by atoms with E-state index in [0.717, 1.165) is 123 Å². The number of H-pyrrole nitrogens is 1. The second-order valence-electron chi connectivity index (χ2n) is 28.5. The number of benzene rings is 4. The van der Waals surface area contributed by atoms with Crippen LogP contribution in [-0.2, 0) is 42.2 Å². The quantitative estimate of drug-likeness (QED) is 0.0186. The molecule has 1 aliphatic carbocycles. The average molecular weight is 1400 g/mol. The summed E-state index contributed by atoms with van der Waals surface area (Å²) in [4.78, 5) is 79.2. The number of ether oxygens (including phenoxy) is 2. The normalized spacial score (nSPS) is 20.1. The summed E-state index contributed by atoms with van der Waals surface area (Å²) in [5.74, 6) is 2.90. The number of amides is 1. The molecular formula is C77H97Cl3N10O8. The molecule has 3 aliphatic rings. The Morgan fingerprint density at radius 1 is 0.786 bits per heavy atom. The van der Waals surface area contributed by atoms with Gasteiger partial charge in [0.05, 0.1) is 40.1 Å². The third kappa shape index (κ3) is 19.8. The van der Waals surface area contributed by atoms with Crippen molar-refractivity contribution in [3.63, 3.8) is 0 Å². The van der Waals surface area contributed by atoms with Gasteiger partial charge in [-0.3, -0.25) is 28.6 Å². The van der Waals surface area contributed by atoms with E-state index in [0.29, 0.717) is 119 Å². The summed E-state index contributed by atoms with van der Waals surface area (Å²) in [6.07, 6.45) is 18.1. The number of piperidine rings is 1. The van der Waals surface area contributed by atoms with Gasteiger partial charge in [0.2, 0.25) is 5.91 Å². The molecule has 1 amide bonds. The van der Waals surface area contributed by atoms with Crippen LogP contribution in [0.4, 0.5) is 5.82 Å². The fourth-order valence-electron chi connectivity index (χ4n) is 13.6. The molecule has 2 saturated heterocycles. The number of anilines is 1. The summed E-state index contributed by atoms with van der Waals surface area (Å²) < 4.78 is 14.2. The molecule has 1 unspecified atom stereocenters. The first kappa shape index (κ1) is 73.8. The molecule has 18 nitrogen and oxygen atoms in total. The summed E-state index contributed by atoms with van der Waals surface area (Å²) >= 11 is 18.7. The molecule has 10 rings (SSSR count). The third-order valence-electron chi connectivity index (χ3n) is 19.5. The molecule has 7 aromatic rings. The number of nitrogens with zero attached hydrogens (tertiary/aromatic N) is 7. The van der Waals surface area contributed by atoms with Crippen LogP contribution in [-0.4, -0.2) is 142 Å². The number of aromatic nitrogens is 6. The van der Waals surface area contributed by atoms with Gasteiger partial charge < -0.3 is 40.6 Å². The molecule has 5 atom stereocenters. The number of aliphatic hydroxyl groups is 2. The third-order valence-corrected chi connectivity index (χ3v) is 20.6. The first-order valence-electron chi connectivity index (χ1n) is 35.2. The van der Waals surface area contributed by atoms with E-state index in [2.05, 4.69) is 83.0 Å². The van der Waals surface area contributed by atoms with Crippen molar-refractivity contribution >= 4 is 98.2 Å². The lowest BCUT2D eigenvalue weighted by molar-refractivity contribution is -0.132. The Bertz CT molecular complexity index is 3880. The molecule has 524 valence electrons. The number of imidazole rings is 2. The minimum absolute atomic E-state index is 0.0777. The van der Waals surface area contributed by atoms with Gasteiger partial charge in [0, 0.05) is 86.5 Å². The van der Waals surface area contributed by atoms with Gasteiger partial charge in [-0.2, -0.15) is 0 Å². The van der Waals surface area contributed by atoms with Crippen molar-refractivity contribution in [2.24, 2.45) is 11.7 Å². The first-order valence-corrected chi connectivity index (χ1v) is 36.3. The molecular weight excluding hydrogens is 1300 g/mol. The lowest BCUT2D eigenvalue weighted by Gasteiger charge is -2.46. The molecule has 21 heteroatoms. The molecule has 1 saturated carbocycles. The van der Waals surface area contributed by atoms with Gasteiger partial charge in [-0.05, 0) is 172 Å². The number of ketones is 3. The second kappa shape index (κ2) is 34.5. The summed E-state index contributed by atoms with van der Waals surface area (Å²) in [6.45, 7) is 14.8. The molecule has 0 spiro atoms. The molecule has 0 radical (unpaired) electrons. The van der Waals surface area contributed by atoms with E-state index < -0.39 is 30.6 Å². The number of Topliss-reactive ketones (excluding diaryl/α,β-unsaturated/α-hetero) is 3. The molecule has 5 heterocycles. The number of aromatic amines is 1. The van der Waals surface area contributed by atoms with Crippen LogP contribution in [0.25, 0.3) is 34.3 Å². The number of carbonyl (C=O) groups is 4. The zero-order valence-electron chi connectivity index (χ0n) is 57.6. The number of aliphatic hydroxyl groups excluding tert-OH is 2. The average Bonchev–Trinajstić information content (AvgIpc) is 1.61. The number of halogens is 3. The summed E-state index contributed by atoms with van der Waals surface area (Å²) in [5, 5.41) is 27.5. The molecule has 98 heavy (non-hydrogen) atoms. The van der Waals surface area contributed by atoms with E-state index in [-0.39, 0.29) is 47.8 Å². The lowest BCUT2D eigenvalue weighted by atomic mass is 9.76. The van der Waals surface area contributed by atoms with Gasteiger partial charge in [-0.15, -0.1) is 0 Å². The van der Waals surface area contributed by atoms with Crippen LogP contribution >= 0.6 is 34.8 Å². The zero-order chi connectivity index (χ0) is 69.6. The summed E-state index contributed by atoms with van der Waals surface area (Å²) in [5.41, 5.74) is 15.2. The topological polar surface area (TPSA) is 244 Å². The Balaban J connectivity index is 0.551.